The van der Waals surface area contributed by atoms with Crippen molar-refractivity contribution in [1.82, 2.24) is 0 Å². The van der Waals surface area contributed by atoms with Crippen LogP contribution in [-0.4, -0.2) is 6.61 Å². The Morgan fingerprint density at radius 1 is 1.67 bits per heavy atom. The molecule has 0 bridgehead atoms. The summed E-state index contributed by atoms with van der Waals surface area (Å²) in [4.78, 5) is 0. The maximum absolute atomic E-state index is 5.22. The highest BCUT2D eigenvalue weighted by Gasteiger charge is 2.07. The Morgan fingerprint density at radius 2 is 2.44 bits per heavy atom. The van der Waals surface area contributed by atoms with Crippen LogP contribution in [0.2, 0.25) is 0 Å². The van der Waals surface area contributed by atoms with E-state index in [0.717, 1.165) is 25.2 Å². The number of rotatable bonds is 0. The Morgan fingerprint density at radius 3 is 2.89 bits per heavy atom. The molecule has 0 aliphatic carbocycles. The molecular formula is C8H12O. The third-order valence-corrected chi connectivity index (χ3v) is 1.57. The predicted molar refractivity (Wildman–Crippen MR) is 38.1 cm³/mol. The maximum Gasteiger partial charge on any atom is 0.114 e. The SMILES string of the molecule is C=C1OCCCC1=CC. The summed E-state index contributed by atoms with van der Waals surface area (Å²) in [6.07, 6.45) is 4.34. The Hall–Kier alpha value is -0.720. The second-order valence-corrected chi connectivity index (χ2v) is 2.19. The first-order valence-electron chi connectivity index (χ1n) is 3.32. The molecule has 0 aromatic rings. The van der Waals surface area contributed by atoms with Gasteiger partial charge in [0, 0.05) is 0 Å². The molecule has 0 saturated carbocycles. The zero-order valence-corrected chi connectivity index (χ0v) is 5.81. The maximum atomic E-state index is 5.22. The summed E-state index contributed by atoms with van der Waals surface area (Å²) in [5.74, 6) is 0.865. The fourth-order valence-electron chi connectivity index (χ4n) is 0.995. The molecule has 1 aliphatic rings. The molecule has 0 N–H and O–H groups in total. The molecule has 0 aromatic heterocycles. The molecule has 1 nitrogen and oxygen atoms in total. The fraction of sp³-hybridized carbons (Fsp3) is 0.500. The van der Waals surface area contributed by atoms with Crippen LogP contribution in [0.5, 0.6) is 0 Å². The van der Waals surface area contributed by atoms with E-state index in [1.807, 2.05) is 6.92 Å². The largest absolute Gasteiger partial charge is 0.494 e. The second-order valence-electron chi connectivity index (χ2n) is 2.19. The highest BCUT2D eigenvalue weighted by Crippen LogP contribution is 2.20. The van der Waals surface area contributed by atoms with Gasteiger partial charge in [-0.1, -0.05) is 12.7 Å². The van der Waals surface area contributed by atoms with Gasteiger partial charge in [-0.05, 0) is 25.3 Å². The lowest BCUT2D eigenvalue weighted by molar-refractivity contribution is 0.195. The van der Waals surface area contributed by atoms with Gasteiger partial charge in [0.25, 0.3) is 0 Å². The van der Waals surface area contributed by atoms with Gasteiger partial charge in [0.1, 0.15) is 5.76 Å². The highest BCUT2D eigenvalue weighted by molar-refractivity contribution is 5.23. The Balaban J connectivity index is 2.60. The van der Waals surface area contributed by atoms with Crippen LogP contribution in [0.25, 0.3) is 0 Å². The van der Waals surface area contributed by atoms with Crippen molar-refractivity contribution in [3.8, 4) is 0 Å². The fourth-order valence-corrected chi connectivity index (χ4v) is 0.995. The van der Waals surface area contributed by atoms with Crippen LogP contribution in [0, 0.1) is 0 Å². The topological polar surface area (TPSA) is 9.23 Å². The average molecular weight is 124 g/mol. The highest BCUT2D eigenvalue weighted by atomic mass is 16.5. The molecule has 0 radical (unpaired) electrons. The van der Waals surface area contributed by atoms with Crippen molar-refractivity contribution in [2.45, 2.75) is 19.8 Å². The minimum absolute atomic E-state index is 0.843. The van der Waals surface area contributed by atoms with Crippen molar-refractivity contribution in [3.05, 3.63) is 24.0 Å². The van der Waals surface area contributed by atoms with Crippen molar-refractivity contribution in [3.63, 3.8) is 0 Å². The van der Waals surface area contributed by atoms with Gasteiger partial charge in [0.05, 0.1) is 6.61 Å². The molecule has 1 aliphatic heterocycles. The third kappa shape index (κ3) is 1.35. The van der Waals surface area contributed by atoms with Crippen molar-refractivity contribution < 1.29 is 4.74 Å². The smallest absolute Gasteiger partial charge is 0.114 e. The molecule has 1 heteroatoms. The third-order valence-electron chi connectivity index (χ3n) is 1.57. The minimum Gasteiger partial charge on any atom is -0.494 e. The Labute approximate surface area is 56.0 Å². The second kappa shape index (κ2) is 2.72. The summed E-state index contributed by atoms with van der Waals surface area (Å²) < 4.78 is 5.22. The van der Waals surface area contributed by atoms with Gasteiger partial charge < -0.3 is 4.74 Å². The summed E-state index contributed by atoms with van der Waals surface area (Å²) in [6, 6.07) is 0. The number of hydrogen-bond donors (Lipinski definition) is 0. The van der Waals surface area contributed by atoms with E-state index in [9.17, 15) is 0 Å². The minimum atomic E-state index is 0.843. The van der Waals surface area contributed by atoms with Gasteiger partial charge in [0.2, 0.25) is 0 Å². The summed E-state index contributed by atoms with van der Waals surface area (Å²) in [7, 11) is 0. The van der Waals surface area contributed by atoms with Crippen LogP contribution in [0.1, 0.15) is 19.8 Å². The van der Waals surface area contributed by atoms with E-state index in [1.165, 1.54) is 5.57 Å². The van der Waals surface area contributed by atoms with Gasteiger partial charge in [0.15, 0.2) is 0 Å². The van der Waals surface area contributed by atoms with E-state index in [0.29, 0.717) is 0 Å². The van der Waals surface area contributed by atoms with Gasteiger partial charge in [-0.3, -0.25) is 0 Å². The van der Waals surface area contributed by atoms with Crippen LogP contribution >= 0.6 is 0 Å². The first-order valence-corrected chi connectivity index (χ1v) is 3.32. The molecule has 0 amide bonds. The normalized spacial score (nSPS) is 24.1. The molecule has 1 rings (SSSR count). The molecule has 0 atom stereocenters. The van der Waals surface area contributed by atoms with Crippen molar-refractivity contribution in [1.29, 1.82) is 0 Å². The van der Waals surface area contributed by atoms with Crippen LogP contribution in [0.3, 0.4) is 0 Å². The van der Waals surface area contributed by atoms with Crippen molar-refractivity contribution in [2.75, 3.05) is 6.61 Å². The summed E-state index contributed by atoms with van der Waals surface area (Å²) in [5.41, 5.74) is 1.27. The van der Waals surface area contributed by atoms with Crippen molar-refractivity contribution >= 4 is 0 Å². The van der Waals surface area contributed by atoms with Crippen LogP contribution < -0.4 is 0 Å². The Kier molecular flexibility index (Phi) is 1.93. The first-order chi connectivity index (χ1) is 4.34. The lowest BCUT2D eigenvalue weighted by atomic mass is 10.1. The Bertz CT molecular complexity index is 145. The van der Waals surface area contributed by atoms with E-state index in [2.05, 4.69) is 12.7 Å². The first kappa shape index (κ1) is 6.40. The summed E-state index contributed by atoms with van der Waals surface area (Å²) in [5, 5.41) is 0. The van der Waals surface area contributed by atoms with Crippen LogP contribution in [0.15, 0.2) is 24.0 Å². The van der Waals surface area contributed by atoms with Crippen molar-refractivity contribution in [2.24, 2.45) is 0 Å². The quantitative estimate of drug-likeness (QED) is 0.481. The van der Waals surface area contributed by atoms with E-state index in [4.69, 9.17) is 4.74 Å². The molecule has 9 heavy (non-hydrogen) atoms. The molecule has 0 aromatic carbocycles. The molecule has 0 unspecified atom stereocenters. The number of allylic oxidation sites excluding steroid dienone is 2. The van der Waals surface area contributed by atoms with Gasteiger partial charge in [-0.2, -0.15) is 0 Å². The summed E-state index contributed by atoms with van der Waals surface area (Å²) in [6.45, 7) is 6.64. The molecule has 50 valence electrons. The molecular weight excluding hydrogens is 112 g/mol. The monoisotopic (exact) mass is 124 g/mol. The molecule has 1 saturated heterocycles. The lowest BCUT2D eigenvalue weighted by Gasteiger charge is -2.17. The predicted octanol–water partition coefficient (Wildman–Crippen LogP) is 2.26. The number of hydrogen-bond acceptors (Lipinski definition) is 1. The van der Waals surface area contributed by atoms with Gasteiger partial charge in [-0.25, -0.2) is 0 Å². The standard InChI is InChI=1S/C8H12O/c1-3-8-5-4-6-9-7(8)2/h3H,2,4-6H2,1H3. The van der Waals surface area contributed by atoms with E-state index >= 15 is 0 Å². The van der Waals surface area contributed by atoms with Gasteiger partial charge in [-0.15, -0.1) is 0 Å². The van der Waals surface area contributed by atoms with E-state index in [1.54, 1.807) is 0 Å². The molecule has 0 spiro atoms. The lowest BCUT2D eigenvalue weighted by Crippen LogP contribution is -2.04. The molecule has 1 heterocycles. The van der Waals surface area contributed by atoms with Gasteiger partial charge >= 0.3 is 0 Å². The zero-order valence-electron chi connectivity index (χ0n) is 5.81. The summed E-state index contributed by atoms with van der Waals surface area (Å²) >= 11 is 0. The van der Waals surface area contributed by atoms with E-state index < -0.39 is 0 Å². The average Bonchev–Trinajstić information content (AvgIpc) is 1.89. The van der Waals surface area contributed by atoms with E-state index in [-0.39, 0.29) is 0 Å². The van der Waals surface area contributed by atoms with Crippen LogP contribution in [-0.2, 0) is 4.74 Å². The zero-order chi connectivity index (χ0) is 6.69. The molecule has 1 fully saturated rings. The van der Waals surface area contributed by atoms with Crippen LogP contribution in [0.4, 0.5) is 0 Å². The number of ether oxygens (including phenoxy) is 1.